The molecule has 0 atom stereocenters. The lowest BCUT2D eigenvalue weighted by Gasteiger charge is -2.27. The van der Waals surface area contributed by atoms with Crippen LogP contribution in [0.2, 0.25) is 0 Å². The number of imidazole rings is 1. The summed E-state index contributed by atoms with van der Waals surface area (Å²) >= 11 is 1.40. The van der Waals surface area contributed by atoms with Crippen LogP contribution in [-0.4, -0.2) is 41.3 Å². The number of aromatic nitrogens is 2. The van der Waals surface area contributed by atoms with Crippen molar-refractivity contribution < 1.29 is 19.2 Å². The van der Waals surface area contributed by atoms with Crippen molar-refractivity contribution in [1.29, 1.82) is 0 Å². The summed E-state index contributed by atoms with van der Waals surface area (Å²) in [5.41, 5.74) is 2.72. The maximum atomic E-state index is 13.2. The molecule has 0 spiro atoms. The smallest absolute Gasteiger partial charge is 0.257 e. The fourth-order valence-electron chi connectivity index (χ4n) is 4.46. The summed E-state index contributed by atoms with van der Waals surface area (Å²) in [6.45, 7) is 0.646. The number of hydrogen-bond acceptors (Lipinski definition) is 7. The van der Waals surface area contributed by atoms with Crippen LogP contribution in [0, 0.1) is 5.92 Å². The predicted octanol–water partition coefficient (Wildman–Crippen LogP) is 4.38. The largest absolute Gasteiger partial charge is 0.497 e. The van der Waals surface area contributed by atoms with Crippen molar-refractivity contribution in [3.05, 3.63) is 48.0 Å². The van der Waals surface area contributed by atoms with E-state index >= 15 is 0 Å². The molecule has 3 N–H and O–H groups in total. The van der Waals surface area contributed by atoms with Gasteiger partial charge >= 0.3 is 0 Å². The van der Waals surface area contributed by atoms with Gasteiger partial charge in [-0.3, -0.25) is 19.2 Å². The molecular formula is C25H31N5O4S. The molecule has 0 bridgehead atoms. The van der Waals surface area contributed by atoms with Crippen LogP contribution in [0.4, 0.5) is 11.6 Å². The summed E-state index contributed by atoms with van der Waals surface area (Å²) in [5, 5.41) is 2.89. The number of nitrogens with zero attached hydrogens (tertiary/aromatic N) is 3. The molecule has 1 fully saturated rings. The summed E-state index contributed by atoms with van der Waals surface area (Å²) in [6.07, 6.45) is 7.18. The maximum absolute atomic E-state index is 13.2. The van der Waals surface area contributed by atoms with Crippen LogP contribution < -0.4 is 20.3 Å². The molecule has 35 heavy (non-hydrogen) atoms. The molecule has 2 amide bonds. The van der Waals surface area contributed by atoms with Gasteiger partial charge in [-0.1, -0.05) is 19.3 Å². The Bertz CT molecular complexity index is 1170. The summed E-state index contributed by atoms with van der Waals surface area (Å²) in [5.74, 6) is 6.22. The Kier molecular flexibility index (Phi) is 8.27. The van der Waals surface area contributed by atoms with Crippen LogP contribution >= 0.6 is 11.9 Å². The fourth-order valence-corrected chi connectivity index (χ4v) is 5.12. The first-order valence-corrected chi connectivity index (χ1v) is 12.9. The lowest BCUT2D eigenvalue weighted by molar-refractivity contribution is -0.121. The molecule has 1 aromatic heterocycles. The van der Waals surface area contributed by atoms with Gasteiger partial charge < -0.3 is 14.1 Å². The SMILES string of the molecule is COc1ccc(C(=O)Nc2nc3cc(N(SC)C(=O)C4CCCCC4)ccc3n2CCON)cc1. The zero-order chi connectivity index (χ0) is 24.8. The number of nitrogens with two attached hydrogens (primary N) is 1. The Labute approximate surface area is 209 Å². The first-order chi connectivity index (χ1) is 17.0. The van der Waals surface area contributed by atoms with Crippen molar-refractivity contribution in [2.24, 2.45) is 11.8 Å². The summed E-state index contributed by atoms with van der Waals surface area (Å²) in [4.78, 5) is 35.6. The molecule has 10 heteroatoms. The third-order valence-corrected chi connectivity index (χ3v) is 7.07. The van der Waals surface area contributed by atoms with E-state index < -0.39 is 0 Å². The number of anilines is 2. The lowest BCUT2D eigenvalue weighted by atomic mass is 9.88. The van der Waals surface area contributed by atoms with Gasteiger partial charge in [-0.25, -0.2) is 10.9 Å². The van der Waals surface area contributed by atoms with Crippen molar-refractivity contribution in [2.45, 2.75) is 38.6 Å². The molecule has 3 aromatic rings. The molecule has 186 valence electrons. The second kappa shape index (κ2) is 11.6. The van der Waals surface area contributed by atoms with Gasteiger partial charge in [0.05, 0.1) is 37.0 Å². The first-order valence-electron chi connectivity index (χ1n) is 11.7. The van der Waals surface area contributed by atoms with Crippen LogP contribution in [0.3, 0.4) is 0 Å². The molecule has 1 aliphatic carbocycles. The summed E-state index contributed by atoms with van der Waals surface area (Å²) in [7, 11) is 1.58. The minimum Gasteiger partial charge on any atom is -0.497 e. The Morgan fingerprint density at radius 3 is 2.57 bits per heavy atom. The van der Waals surface area contributed by atoms with Gasteiger partial charge in [-0.2, -0.15) is 0 Å². The molecule has 1 aliphatic rings. The van der Waals surface area contributed by atoms with Crippen LogP contribution in [0.25, 0.3) is 11.0 Å². The molecule has 0 aliphatic heterocycles. The highest BCUT2D eigenvalue weighted by Gasteiger charge is 2.27. The molecule has 9 nitrogen and oxygen atoms in total. The van der Waals surface area contributed by atoms with Gasteiger partial charge in [0, 0.05) is 17.7 Å². The van der Waals surface area contributed by atoms with E-state index in [1.807, 2.05) is 29.0 Å². The quantitative estimate of drug-likeness (QED) is 0.333. The molecule has 4 rings (SSSR count). The number of carbonyl (C=O) groups is 2. The molecule has 0 saturated heterocycles. The monoisotopic (exact) mass is 497 g/mol. The lowest BCUT2D eigenvalue weighted by Crippen LogP contribution is -2.31. The first kappa shape index (κ1) is 25.0. The van der Waals surface area contributed by atoms with Gasteiger partial charge in [0.2, 0.25) is 11.9 Å². The zero-order valence-corrected chi connectivity index (χ0v) is 20.8. The van der Waals surface area contributed by atoms with Crippen molar-refractivity contribution >= 4 is 46.4 Å². The van der Waals surface area contributed by atoms with Gasteiger partial charge in [-0.15, -0.1) is 0 Å². The Balaban J connectivity index is 1.63. The standard InChI is InChI=1S/C25H31N5O4S/c1-33-20-11-8-17(9-12-20)23(31)28-25-27-21-16-19(10-13-22(21)29(25)14-15-34-26)30(35-2)24(32)18-6-4-3-5-7-18/h8-13,16,18H,3-7,14-15,26H2,1-2H3,(H,27,28,31). The molecular weight excluding hydrogens is 466 g/mol. The van der Waals surface area contributed by atoms with Gasteiger partial charge in [0.25, 0.3) is 5.91 Å². The van der Waals surface area contributed by atoms with Crippen molar-refractivity contribution in [2.75, 3.05) is 29.6 Å². The minimum absolute atomic E-state index is 0.0607. The minimum atomic E-state index is -0.295. The Morgan fingerprint density at radius 1 is 1.17 bits per heavy atom. The number of hydrogen-bond donors (Lipinski definition) is 2. The number of benzene rings is 2. The number of nitrogens with one attached hydrogen (secondary N) is 1. The summed E-state index contributed by atoms with van der Waals surface area (Å²) in [6, 6.07) is 12.5. The van der Waals surface area contributed by atoms with Crippen LogP contribution in [-0.2, 0) is 16.2 Å². The Hall–Kier alpha value is -3.08. The number of rotatable bonds is 9. The molecule has 0 radical (unpaired) electrons. The predicted molar refractivity (Wildman–Crippen MR) is 138 cm³/mol. The van der Waals surface area contributed by atoms with Crippen LogP contribution in [0.5, 0.6) is 5.75 Å². The average Bonchev–Trinajstić information content (AvgIpc) is 3.24. The number of fused-ring (bicyclic) bond motifs is 1. The van der Waals surface area contributed by atoms with E-state index in [1.165, 1.54) is 18.4 Å². The number of ether oxygens (including phenoxy) is 1. The molecule has 1 heterocycles. The highest BCUT2D eigenvalue weighted by molar-refractivity contribution is 8.00. The normalized spacial score (nSPS) is 14.1. The van der Waals surface area contributed by atoms with Gasteiger partial charge in [0.15, 0.2) is 0 Å². The third kappa shape index (κ3) is 5.61. The average molecular weight is 498 g/mol. The van der Waals surface area contributed by atoms with E-state index in [0.29, 0.717) is 29.3 Å². The van der Waals surface area contributed by atoms with Crippen molar-refractivity contribution in [3.8, 4) is 5.75 Å². The third-order valence-electron chi connectivity index (χ3n) is 6.31. The van der Waals surface area contributed by atoms with Crippen LogP contribution in [0.1, 0.15) is 42.5 Å². The highest BCUT2D eigenvalue weighted by atomic mass is 32.2. The second-order valence-corrected chi connectivity index (χ2v) is 9.19. The number of amides is 2. The van der Waals surface area contributed by atoms with E-state index in [1.54, 1.807) is 35.7 Å². The van der Waals surface area contributed by atoms with Crippen molar-refractivity contribution in [1.82, 2.24) is 9.55 Å². The van der Waals surface area contributed by atoms with E-state index in [-0.39, 0.29) is 24.3 Å². The zero-order valence-electron chi connectivity index (χ0n) is 20.0. The number of carbonyl (C=O) groups excluding carboxylic acids is 2. The maximum Gasteiger partial charge on any atom is 0.257 e. The second-order valence-electron chi connectivity index (χ2n) is 8.46. The molecule has 2 aromatic carbocycles. The number of methoxy groups -OCH3 is 1. The van der Waals surface area contributed by atoms with Crippen LogP contribution in [0.15, 0.2) is 42.5 Å². The van der Waals surface area contributed by atoms with E-state index in [2.05, 4.69) is 10.3 Å². The van der Waals surface area contributed by atoms with Crippen molar-refractivity contribution in [3.63, 3.8) is 0 Å². The topological polar surface area (TPSA) is 112 Å². The van der Waals surface area contributed by atoms with E-state index in [4.69, 9.17) is 15.5 Å². The van der Waals surface area contributed by atoms with Gasteiger partial charge in [-0.05, 0) is 67.3 Å². The van der Waals surface area contributed by atoms with Gasteiger partial charge in [0.1, 0.15) is 5.75 Å². The summed E-state index contributed by atoms with van der Waals surface area (Å²) < 4.78 is 8.77. The molecule has 1 saturated carbocycles. The van der Waals surface area contributed by atoms with E-state index in [9.17, 15) is 9.59 Å². The Morgan fingerprint density at radius 2 is 1.91 bits per heavy atom. The van der Waals surface area contributed by atoms with E-state index in [0.717, 1.165) is 36.9 Å². The fraction of sp³-hybridized carbons (Fsp3) is 0.400. The highest BCUT2D eigenvalue weighted by Crippen LogP contribution is 2.33. The molecule has 0 unspecified atom stereocenters.